The van der Waals surface area contributed by atoms with Gasteiger partial charge in [-0.2, -0.15) is 0 Å². The molecule has 0 bridgehead atoms. The van der Waals surface area contributed by atoms with Crippen molar-refractivity contribution in [3.05, 3.63) is 0 Å². The number of nitrogens with one attached hydrogen (secondary N) is 1. The average Bonchev–Trinajstić information content (AvgIpc) is 2.85. The Morgan fingerprint density at radius 1 is 1.47 bits per heavy atom. The fourth-order valence-electron chi connectivity index (χ4n) is 2.14. The summed E-state index contributed by atoms with van der Waals surface area (Å²) < 4.78 is 10.1. The van der Waals surface area contributed by atoms with E-state index in [0.717, 1.165) is 0 Å². The number of amides is 1. The van der Waals surface area contributed by atoms with E-state index in [1.807, 2.05) is 11.8 Å². The molecular formula is C12H22N2O5. The van der Waals surface area contributed by atoms with Crippen LogP contribution in [0.4, 0.5) is 0 Å². The first kappa shape index (κ1) is 15.9. The minimum atomic E-state index is -0.874. The van der Waals surface area contributed by atoms with Gasteiger partial charge >= 0.3 is 5.97 Å². The second-order valence-corrected chi connectivity index (χ2v) is 4.46. The first-order valence-corrected chi connectivity index (χ1v) is 6.40. The molecule has 0 aromatic heterocycles. The van der Waals surface area contributed by atoms with Crippen molar-refractivity contribution in [2.75, 3.05) is 46.6 Å². The van der Waals surface area contributed by atoms with Crippen molar-refractivity contribution in [1.82, 2.24) is 10.2 Å². The topological polar surface area (TPSA) is 88.1 Å². The van der Waals surface area contributed by atoms with Crippen LogP contribution in [0.15, 0.2) is 0 Å². The molecular weight excluding hydrogens is 252 g/mol. The number of carboxylic acid groups (broad SMARTS) is 1. The standard InChI is InChI=1S/C12H22N2O5/c1-3-14(6-11(15)13-4-5-18-2)10-8-19-7-9(10)12(16)17/h9-10H,3-8H2,1-2H3,(H,13,15)(H,16,17). The third kappa shape index (κ3) is 4.77. The maximum atomic E-state index is 11.7. The molecule has 1 aliphatic heterocycles. The highest BCUT2D eigenvalue weighted by Gasteiger charge is 2.37. The zero-order valence-corrected chi connectivity index (χ0v) is 11.4. The van der Waals surface area contributed by atoms with Crippen LogP contribution in [0.2, 0.25) is 0 Å². The summed E-state index contributed by atoms with van der Waals surface area (Å²) in [4.78, 5) is 24.7. The maximum absolute atomic E-state index is 11.7. The second-order valence-electron chi connectivity index (χ2n) is 4.46. The van der Waals surface area contributed by atoms with Crippen molar-refractivity contribution < 1.29 is 24.2 Å². The molecule has 0 aliphatic carbocycles. The number of methoxy groups -OCH3 is 1. The molecule has 19 heavy (non-hydrogen) atoms. The minimum absolute atomic E-state index is 0.130. The van der Waals surface area contributed by atoms with Crippen LogP contribution in [-0.2, 0) is 19.1 Å². The number of carbonyl (C=O) groups is 2. The molecule has 7 nitrogen and oxygen atoms in total. The van der Waals surface area contributed by atoms with Gasteiger partial charge in [0.1, 0.15) is 0 Å². The van der Waals surface area contributed by atoms with Crippen LogP contribution in [0.5, 0.6) is 0 Å². The summed E-state index contributed by atoms with van der Waals surface area (Å²) in [5.41, 5.74) is 0. The van der Waals surface area contributed by atoms with E-state index in [-0.39, 0.29) is 25.1 Å². The number of carbonyl (C=O) groups excluding carboxylic acids is 1. The normalized spacial score (nSPS) is 22.7. The van der Waals surface area contributed by atoms with E-state index < -0.39 is 11.9 Å². The Labute approximate surface area is 112 Å². The van der Waals surface area contributed by atoms with Crippen LogP contribution < -0.4 is 5.32 Å². The fraction of sp³-hybridized carbons (Fsp3) is 0.833. The van der Waals surface area contributed by atoms with Gasteiger partial charge in [-0.15, -0.1) is 0 Å². The Balaban J connectivity index is 2.48. The Morgan fingerprint density at radius 3 is 2.79 bits per heavy atom. The van der Waals surface area contributed by atoms with Crippen molar-refractivity contribution in [1.29, 1.82) is 0 Å². The van der Waals surface area contributed by atoms with Gasteiger partial charge in [-0.05, 0) is 6.54 Å². The van der Waals surface area contributed by atoms with Crippen molar-refractivity contribution in [3.8, 4) is 0 Å². The van der Waals surface area contributed by atoms with Crippen LogP contribution in [-0.4, -0.2) is 74.5 Å². The summed E-state index contributed by atoms with van der Waals surface area (Å²) in [6, 6.07) is -0.240. The number of rotatable bonds is 8. The number of hydrogen-bond acceptors (Lipinski definition) is 5. The van der Waals surface area contributed by atoms with Gasteiger partial charge in [0.05, 0.1) is 32.3 Å². The Morgan fingerprint density at radius 2 is 2.21 bits per heavy atom. The quantitative estimate of drug-likeness (QED) is 0.562. The van der Waals surface area contributed by atoms with Crippen LogP contribution in [0, 0.1) is 5.92 Å². The lowest BCUT2D eigenvalue weighted by Gasteiger charge is -2.28. The lowest BCUT2D eigenvalue weighted by Crippen LogP contribution is -2.48. The van der Waals surface area contributed by atoms with Crippen molar-refractivity contribution in [2.45, 2.75) is 13.0 Å². The molecule has 0 spiro atoms. The van der Waals surface area contributed by atoms with Crippen molar-refractivity contribution in [2.24, 2.45) is 5.92 Å². The summed E-state index contributed by atoms with van der Waals surface area (Å²) >= 11 is 0. The van der Waals surface area contributed by atoms with Crippen LogP contribution >= 0.6 is 0 Å². The van der Waals surface area contributed by atoms with E-state index in [1.165, 1.54) is 0 Å². The van der Waals surface area contributed by atoms with E-state index in [9.17, 15) is 9.59 Å². The first-order valence-electron chi connectivity index (χ1n) is 6.40. The summed E-state index contributed by atoms with van der Waals surface area (Å²) in [6.45, 7) is 4.17. The van der Waals surface area contributed by atoms with E-state index in [1.54, 1.807) is 7.11 Å². The van der Waals surface area contributed by atoms with Crippen LogP contribution in [0.1, 0.15) is 6.92 Å². The molecule has 0 saturated carbocycles. The Hall–Kier alpha value is -1.18. The lowest BCUT2D eigenvalue weighted by atomic mass is 10.0. The number of hydrogen-bond donors (Lipinski definition) is 2. The number of likely N-dealkylation sites (N-methyl/N-ethyl adjacent to an activating group) is 1. The van der Waals surface area contributed by atoms with Gasteiger partial charge in [-0.3, -0.25) is 14.5 Å². The summed E-state index contributed by atoms with van der Waals surface area (Å²) in [7, 11) is 1.57. The van der Waals surface area contributed by atoms with Gasteiger partial charge in [-0.25, -0.2) is 0 Å². The number of carboxylic acids is 1. The van der Waals surface area contributed by atoms with Gasteiger partial charge in [0.25, 0.3) is 0 Å². The molecule has 0 aromatic carbocycles. The van der Waals surface area contributed by atoms with Crippen molar-refractivity contribution >= 4 is 11.9 Å². The molecule has 2 N–H and O–H groups in total. The van der Waals surface area contributed by atoms with Gasteiger partial charge in [0.15, 0.2) is 0 Å². The predicted octanol–water partition coefficient (Wildman–Crippen LogP) is -0.829. The highest BCUT2D eigenvalue weighted by atomic mass is 16.5. The Kier molecular flexibility index (Phi) is 6.75. The molecule has 110 valence electrons. The molecule has 1 rings (SSSR count). The molecule has 2 atom stereocenters. The van der Waals surface area contributed by atoms with Gasteiger partial charge < -0.3 is 19.9 Å². The number of nitrogens with zero attached hydrogens (tertiary/aromatic N) is 1. The zero-order valence-electron chi connectivity index (χ0n) is 11.4. The molecule has 0 radical (unpaired) electrons. The van der Waals surface area contributed by atoms with Crippen LogP contribution in [0.3, 0.4) is 0 Å². The molecule has 0 aromatic rings. The minimum Gasteiger partial charge on any atom is -0.481 e. The average molecular weight is 274 g/mol. The molecule has 2 unspecified atom stereocenters. The largest absolute Gasteiger partial charge is 0.481 e. The predicted molar refractivity (Wildman–Crippen MR) is 67.9 cm³/mol. The number of ether oxygens (including phenoxy) is 2. The van der Waals surface area contributed by atoms with E-state index in [0.29, 0.717) is 26.3 Å². The SMILES string of the molecule is CCN(CC(=O)NCCOC)C1COCC1C(=O)O. The highest BCUT2D eigenvalue weighted by Crippen LogP contribution is 2.19. The Bertz CT molecular complexity index is 310. The monoisotopic (exact) mass is 274 g/mol. The smallest absolute Gasteiger partial charge is 0.310 e. The maximum Gasteiger partial charge on any atom is 0.310 e. The molecule has 1 aliphatic rings. The van der Waals surface area contributed by atoms with Crippen LogP contribution in [0.25, 0.3) is 0 Å². The lowest BCUT2D eigenvalue weighted by molar-refractivity contribution is -0.143. The summed E-state index contributed by atoms with van der Waals surface area (Å²) in [5, 5.41) is 11.8. The molecule has 1 amide bonds. The van der Waals surface area contributed by atoms with Gasteiger partial charge in [-0.1, -0.05) is 6.92 Å². The molecule has 7 heteroatoms. The highest BCUT2D eigenvalue weighted by molar-refractivity contribution is 5.78. The molecule has 1 heterocycles. The molecule has 1 saturated heterocycles. The van der Waals surface area contributed by atoms with Gasteiger partial charge in [0.2, 0.25) is 5.91 Å². The third-order valence-electron chi connectivity index (χ3n) is 3.22. The zero-order chi connectivity index (χ0) is 14.3. The fourth-order valence-corrected chi connectivity index (χ4v) is 2.14. The van der Waals surface area contributed by atoms with E-state index >= 15 is 0 Å². The second kappa shape index (κ2) is 8.08. The number of aliphatic carboxylic acids is 1. The first-order chi connectivity index (χ1) is 9.10. The van der Waals surface area contributed by atoms with E-state index in [4.69, 9.17) is 14.6 Å². The van der Waals surface area contributed by atoms with Gasteiger partial charge in [0, 0.05) is 19.7 Å². The third-order valence-corrected chi connectivity index (χ3v) is 3.22. The summed E-state index contributed by atoms with van der Waals surface area (Å²) in [6.07, 6.45) is 0. The van der Waals surface area contributed by atoms with E-state index in [2.05, 4.69) is 5.32 Å². The molecule has 1 fully saturated rings. The summed E-state index contributed by atoms with van der Waals surface area (Å²) in [5.74, 6) is -1.57. The van der Waals surface area contributed by atoms with Crippen molar-refractivity contribution in [3.63, 3.8) is 0 Å².